The number of piperidine rings is 1. The standard InChI is InChI=1S/C30H34F4N4O4/c1-19(39)16-37-13-11-25(23(31)17-37)36-24-7-4-8-27-22(24)15-21(38(27)18-30(32,33)34)6-5-12-35-26-10-9-20(29(40)42-3)14-28(26)41-2/h4,7-10,14-15,19,23,25,35-36,39H,11-13,16-18H2,1-3H3/t19-,23-,25+/m1/s1. The molecule has 42 heavy (non-hydrogen) atoms. The normalized spacial score (nSPS) is 18.2. The summed E-state index contributed by atoms with van der Waals surface area (Å²) in [6.07, 6.45) is -5.78. The van der Waals surface area contributed by atoms with E-state index < -0.39 is 37.0 Å². The smallest absolute Gasteiger partial charge is 0.406 e. The number of aliphatic hydroxyl groups is 1. The van der Waals surface area contributed by atoms with E-state index in [0.717, 1.165) is 4.57 Å². The zero-order valence-corrected chi connectivity index (χ0v) is 23.6. The van der Waals surface area contributed by atoms with Gasteiger partial charge in [-0.1, -0.05) is 12.0 Å². The number of nitrogens with one attached hydrogen (secondary N) is 2. The molecule has 1 fully saturated rings. The topological polar surface area (TPSA) is 88.0 Å². The number of halogens is 4. The summed E-state index contributed by atoms with van der Waals surface area (Å²) in [6, 6.07) is 10.7. The number of aromatic nitrogens is 1. The first-order valence-electron chi connectivity index (χ1n) is 13.5. The van der Waals surface area contributed by atoms with Gasteiger partial charge in [-0.2, -0.15) is 13.2 Å². The summed E-state index contributed by atoms with van der Waals surface area (Å²) in [5.74, 6) is 5.56. The molecule has 2 aromatic carbocycles. The summed E-state index contributed by atoms with van der Waals surface area (Å²) >= 11 is 0. The molecule has 3 atom stereocenters. The Hall–Kier alpha value is -3.95. The van der Waals surface area contributed by atoms with Crippen LogP contribution in [0.25, 0.3) is 10.9 Å². The van der Waals surface area contributed by atoms with E-state index in [0.29, 0.717) is 53.1 Å². The summed E-state index contributed by atoms with van der Waals surface area (Å²) in [7, 11) is 2.72. The van der Waals surface area contributed by atoms with Crippen molar-refractivity contribution in [3.05, 3.63) is 53.7 Å². The van der Waals surface area contributed by atoms with Crippen LogP contribution < -0.4 is 15.4 Å². The molecular formula is C30H34F4N4O4. The van der Waals surface area contributed by atoms with Gasteiger partial charge in [-0.25, -0.2) is 9.18 Å². The minimum atomic E-state index is -4.49. The van der Waals surface area contributed by atoms with Crippen molar-refractivity contribution in [3.63, 3.8) is 0 Å². The van der Waals surface area contributed by atoms with Gasteiger partial charge < -0.3 is 29.8 Å². The van der Waals surface area contributed by atoms with Crippen molar-refractivity contribution in [1.82, 2.24) is 9.47 Å². The van der Waals surface area contributed by atoms with Crippen LogP contribution in [-0.4, -0.2) is 85.4 Å². The van der Waals surface area contributed by atoms with Crippen molar-refractivity contribution >= 4 is 28.2 Å². The first-order chi connectivity index (χ1) is 20.0. The molecule has 1 aliphatic heterocycles. The Balaban J connectivity index is 1.56. The summed E-state index contributed by atoms with van der Waals surface area (Å²) in [4.78, 5) is 13.6. The molecular weight excluding hydrogens is 556 g/mol. The number of benzene rings is 2. The van der Waals surface area contributed by atoms with Gasteiger partial charge in [0, 0.05) is 30.7 Å². The highest BCUT2D eigenvalue weighted by atomic mass is 19.4. The number of carbonyl (C=O) groups excluding carboxylic acids is 1. The molecule has 226 valence electrons. The highest BCUT2D eigenvalue weighted by Gasteiger charge is 2.32. The van der Waals surface area contributed by atoms with Gasteiger partial charge in [-0.3, -0.25) is 4.90 Å². The number of carbonyl (C=O) groups is 1. The predicted molar refractivity (Wildman–Crippen MR) is 153 cm³/mol. The number of β-amino-alcohol motifs (C(OH)–C–C–N with tert-alkyl or cyclic N) is 1. The fourth-order valence-electron chi connectivity index (χ4n) is 5.09. The molecule has 2 heterocycles. The Morgan fingerprint density at radius 2 is 1.98 bits per heavy atom. The number of fused-ring (bicyclic) bond motifs is 1. The van der Waals surface area contributed by atoms with E-state index >= 15 is 4.39 Å². The Morgan fingerprint density at radius 3 is 2.64 bits per heavy atom. The number of methoxy groups -OCH3 is 2. The lowest BCUT2D eigenvalue weighted by molar-refractivity contribution is -0.140. The molecule has 0 aliphatic carbocycles. The minimum Gasteiger partial charge on any atom is -0.495 e. The average Bonchev–Trinajstić information content (AvgIpc) is 3.28. The Bertz CT molecular complexity index is 1460. The first kappa shape index (κ1) is 31.0. The molecule has 1 saturated heterocycles. The fourth-order valence-corrected chi connectivity index (χ4v) is 5.09. The van der Waals surface area contributed by atoms with Crippen molar-refractivity contribution < 1.29 is 36.9 Å². The van der Waals surface area contributed by atoms with Crippen molar-refractivity contribution in [2.45, 2.75) is 44.4 Å². The van der Waals surface area contributed by atoms with Gasteiger partial charge in [0.25, 0.3) is 0 Å². The number of anilines is 2. The SMILES string of the molecule is COC(=O)c1ccc(NCC#Cc2cc3c(N[C@H]4CCN(C[C@@H](C)O)C[C@H]4F)cccc3n2CC(F)(F)F)c(OC)c1. The molecule has 0 unspecified atom stereocenters. The molecule has 0 spiro atoms. The lowest BCUT2D eigenvalue weighted by atomic mass is 10.0. The maximum atomic E-state index is 15.0. The molecule has 3 N–H and O–H groups in total. The van der Waals surface area contributed by atoms with Gasteiger partial charge in [0.15, 0.2) is 0 Å². The average molecular weight is 591 g/mol. The van der Waals surface area contributed by atoms with E-state index in [1.807, 2.05) is 4.90 Å². The predicted octanol–water partition coefficient (Wildman–Crippen LogP) is 4.67. The number of esters is 1. The number of hydrogen-bond acceptors (Lipinski definition) is 7. The van der Waals surface area contributed by atoms with Crippen LogP contribution in [0, 0.1) is 11.8 Å². The number of ether oxygens (including phenoxy) is 2. The van der Waals surface area contributed by atoms with Crippen LogP contribution in [0.1, 0.15) is 29.4 Å². The second-order valence-corrected chi connectivity index (χ2v) is 10.2. The van der Waals surface area contributed by atoms with Gasteiger partial charge >= 0.3 is 12.1 Å². The molecule has 1 aliphatic rings. The molecule has 8 nitrogen and oxygen atoms in total. The number of alkyl halides is 4. The summed E-state index contributed by atoms with van der Waals surface area (Å²) in [5.41, 5.74) is 1.87. The number of aliphatic hydroxyl groups excluding tert-OH is 1. The third kappa shape index (κ3) is 7.66. The number of likely N-dealkylation sites (tertiary alicyclic amines) is 1. The molecule has 0 amide bonds. The van der Waals surface area contributed by atoms with E-state index in [9.17, 15) is 23.1 Å². The van der Waals surface area contributed by atoms with Crippen molar-refractivity contribution in [3.8, 4) is 17.6 Å². The Labute approximate surface area is 241 Å². The van der Waals surface area contributed by atoms with Crippen LogP contribution in [0.5, 0.6) is 5.75 Å². The second-order valence-electron chi connectivity index (χ2n) is 10.2. The number of rotatable bonds is 9. The lowest BCUT2D eigenvalue weighted by Crippen LogP contribution is -2.49. The van der Waals surface area contributed by atoms with Crippen LogP contribution in [0.4, 0.5) is 28.9 Å². The summed E-state index contributed by atoms with van der Waals surface area (Å²) < 4.78 is 66.9. The fraction of sp³-hybridized carbons (Fsp3) is 0.433. The third-order valence-corrected chi connectivity index (χ3v) is 6.98. The van der Waals surface area contributed by atoms with Gasteiger partial charge in [0.05, 0.1) is 55.4 Å². The van der Waals surface area contributed by atoms with E-state index in [4.69, 9.17) is 9.47 Å². The minimum absolute atomic E-state index is 0.0845. The summed E-state index contributed by atoms with van der Waals surface area (Å²) in [5, 5.41) is 16.4. The molecule has 0 radical (unpaired) electrons. The molecule has 4 rings (SSSR count). The van der Waals surface area contributed by atoms with Crippen molar-refractivity contribution in [2.24, 2.45) is 0 Å². The van der Waals surface area contributed by atoms with E-state index in [-0.39, 0.29) is 18.8 Å². The van der Waals surface area contributed by atoms with Crippen LogP contribution in [0.2, 0.25) is 0 Å². The van der Waals surface area contributed by atoms with Gasteiger partial charge in [-0.15, -0.1) is 0 Å². The maximum absolute atomic E-state index is 15.0. The van der Waals surface area contributed by atoms with Crippen molar-refractivity contribution in [1.29, 1.82) is 0 Å². The van der Waals surface area contributed by atoms with Gasteiger partial charge in [0.1, 0.15) is 18.5 Å². The first-order valence-corrected chi connectivity index (χ1v) is 13.5. The monoisotopic (exact) mass is 590 g/mol. The van der Waals surface area contributed by atoms with Crippen LogP contribution in [-0.2, 0) is 11.3 Å². The van der Waals surface area contributed by atoms with Gasteiger partial charge in [0.2, 0.25) is 0 Å². The van der Waals surface area contributed by atoms with Crippen LogP contribution in [0.3, 0.4) is 0 Å². The highest BCUT2D eigenvalue weighted by Crippen LogP contribution is 2.32. The van der Waals surface area contributed by atoms with Crippen LogP contribution >= 0.6 is 0 Å². The molecule has 0 saturated carbocycles. The van der Waals surface area contributed by atoms with E-state index in [1.54, 1.807) is 43.3 Å². The molecule has 1 aromatic heterocycles. The zero-order valence-electron chi connectivity index (χ0n) is 23.6. The Kier molecular flexibility index (Phi) is 9.85. The number of hydrogen-bond donors (Lipinski definition) is 3. The number of nitrogens with zero attached hydrogens (tertiary/aromatic N) is 2. The summed E-state index contributed by atoms with van der Waals surface area (Å²) in [6.45, 7) is 1.64. The maximum Gasteiger partial charge on any atom is 0.406 e. The largest absolute Gasteiger partial charge is 0.495 e. The molecule has 12 heteroatoms. The lowest BCUT2D eigenvalue weighted by Gasteiger charge is -2.36. The van der Waals surface area contributed by atoms with E-state index in [1.165, 1.54) is 20.3 Å². The van der Waals surface area contributed by atoms with Crippen molar-refractivity contribution in [2.75, 3.05) is 51.0 Å². The molecule has 0 bridgehead atoms. The highest BCUT2D eigenvalue weighted by molar-refractivity contribution is 5.94. The third-order valence-electron chi connectivity index (χ3n) is 6.98. The van der Waals surface area contributed by atoms with Crippen LogP contribution in [0.15, 0.2) is 42.5 Å². The van der Waals surface area contributed by atoms with Gasteiger partial charge in [-0.05, 0) is 55.7 Å². The van der Waals surface area contributed by atoms with E-state index in [2.05, 4.69) is 22.5 Å². The Morgan fingerprint density at radius 1 is 1.19 bits per heavy atom. The quantitative estimate of drug-likeness (QED) is 0.190. The second kappa shape index (κ2) is 13.4. The zero-order chi connectivity index (χ0) is 30.4. The molecule has 3 aromatic rings.